The maximum atomic E-state index is 11.9. The quantitative estimate of drug-likeness (QED) is 0.874. The van der Waals surface area contributed by atoms with Crippen molar-refractivity contribution >= 4 is 17.7 Å². The third-order valence-corrected chi connectivity index (χ3v) is 4.97. The molecule has 1 saturated heterocycles. The Morgan fingerprint density at radius 2 is 2.15 bits per heavy atom. The van der Waals surface area contributed by atoms with Gasteiger partial charge in [0.2, 0.25) is 5.91 Å². The van der Waals surface area contributed by atoms with Crippen molar-refractivity contribution in [3.63, 3.8) is 0 Å². The molecule has 110 valence electrons. The second-order valence-electron chi connectivity index (χ2n) is 5.68. The van der Waals surface area contributed by atoms with E-state index in [4.69, 9.17) is 4.42 Å². The molecule has 0 bridgehead atoms. The summed E-state index contributed by atoms with van der Waals surface area (Å²) in [6.07, 6.45) is 6.63. The highest BCUT2D eigenvalue weighted by Crippen LogP contribution is 2.29. The van der Waals surface area contributed by atoms with Crippen LogP contribution in [0, 0.1) is 0 Å². The highest BCUT2D eigenvalue weighted by atomic mass is 32.2. The van der Waals surface area contributed by atoms with Gasteiger partial charge in [-0.1, -0.05) is 0 Å². The molecule has 1 saturated carbocycles. The molecule has 4 nitrogen and oxygen atoms in total. The van der Waals surface area contributed by atoms with Crippen molar-refractivity contribution in [2.45, 2.75) is 43.5 Å². The molecule has 1 aromatic heterocycles. The van der Waals surface area contributed by atoms with E-state index in [-0.39, 0.29) is 5.91 Å². The molecule has 2 fully saturated rings. The average molecular weight is 294 g/mol. The van der Waals surface area contributed by atoms with Crippen LogP contribution < -0.4 is 5.32 Å². The van der Waals surface area contributed by atoms with Crippen LogP contribution in [-0.4, -0.2) is 41.7 Å². The summed E-state index contributed by atoms with van der Waals surface area (Å²) in [7, 11) is 0. The minimum Gasteiger partial charge on any atom is -0.468 e. The lowest BCUT2D eigenvalue weighted by atomic mass is 10.1. The lowest BCUT2D eigenvalue weighted by Gasteiger charge is -2.32. The van der Waals surface area contributed by atoms with E-state index in [0.717, 1.165) is 43.5 Å². The van der Waals surface area contributed by atoms with Gasteiger partial charge < -0.3 is 14.6 Å². The molecule has 0 radical (unpaired) electrons. The van der Waals surface area contributed by atoms with E-state index in [2.05, 4.69) is 10.2 Å². The maximum Gasteiger partial charge on any atom is 0.230 e. The number of amides is 1. The number of carbonyl (C=O) groups excluding carboxylic acids is 1. The molecule has 2 heterocycles. The first-order valence-corrected chi connectivity index (χ1v) is 8.60. The Balaban J connectivity index is 1.30. The summed E-state index contributed by atoms with van der Waals surface area (Å²) < 4.78 is 5.25. The number of nitrogens with one attached hydrogen (secondary N) is 1. The van der Waals surface area contributed by atoms with Crippen molar-refractivity contribution < 1.29 is 9.21 Å². The summed E-state index contributed by atoms with van der Waals surface area (Å²) >= 11 is 1.61. The van der Waals surface area contributed by atoms with Gasteiger partial charge in [0.05, 0.1) is 17.8 Å². The number of thioether (sulfide) groups is 1. The molecule has 20 heavy (non-hydrogen) atoms. The number of hydrogen-bond acceptors (Lipinski definition) is 4. The molecular weight excluding hydrogens is 272 g/mol. The highest BCUT2D eigenvalue weighted by Gasteiger charge is 2.31. The number of hydrogen-bond donors (Lipinski definition) is 1. The van der Waals surface area contributed by atoms with E-state index in [1.54, 1.807) is 18.0 Å². The third-order valence-electron chi connectivity index (χ3n) is 4.02. The standard InChI is InChI=1S/C15H22N2O2S/c18-15(11-20-10-14-2-1-9-19-14)16-12-5-7-17(8-6-12)13-3-4-13/h1-2,9,12-13H,3-8,10-11H2,(H,16,18). The molecule has 0 spiro atoms. The Hall–Kier alpha value is -0.940. The fourth-order valence-electron chi connectivity index (χ4n) is 2.76. The molecule has 1 amide bonds. The van der Waals surface area contributed by atoms with Crippen LogP contribution in [0.5, 0.6) is 0 Å². The smallest absolute Gasteiger partial charge is 0.230 e. The SMILES string of the molecule is O=C(CSCc1ccco1)NC1CCN(C2CC2)CC1. The van der Waals surface area contributed by atoms with Gasteiger partial charge >= 0.3 is 0 Å². The Morgan fingerprint density at radius 1 is 1.35 bits per heavy atom. The van der Waals surface area contributed by atoms with Crippen LogP contribution in [0.15, 0.2) is 22.8 Å². The number of likely N-dealkylation sites (tertiary alicyclic amines) is 1. The molecule has 0 aromatic carbocycles. The summed E-state index contributed by atoms with van der Waals surface area (Å²) in [6.45, 7) is 2.30. The van der Waals surface area contributed by atoms with Crippen LogP contribution in [0.4, 0.5) is 0 Å². The second-order valence-corrected chi connectivity index (χ2v) is 6.67. The largest absolute Gasteiger partial charge is 0.468 e. The number of rotatable bonds is 6. The first-order chi connectivity index (χ1) is 9.81. The predicted octanol–water partition coefficient (Wildman–Crippen LogP) is 2.26. The predicted molar refractivity (Wildman–Crippen MR) is 80.6 cm³/mol. The lowest BCUT2D eigenvalue weighted by Crippen LogP contribution is -2.45. The van der Waals surface area contributed by atoms with Crippen molar-refractivity contribution in [3.05, 3.63) is 24.2 Å². The summed E-state index contributed by atoms with van der Waals surface area (Å²) in [5.41, 5.74) is 0. The van der Waals surface area contributed by atoms with Crippen molar-refractivity contribution in [1.82, 2.24) is 10.2 Å². The Morgan fingerprint density at radius 3 is 2.80 bits per heavy atom. The van der Waals surface area contributed by atoms with E-state index in [1.807, 2.05) is 12.1 Å². The zero-order valence-corrected chi connectivity index (χ0v) is 12.5. The lowest BCUT2D eigenvalue weighted by molar-refractivity contribution is -0.119. The zero-order valence-electron chi connectivity index (χ0n) is 11.7. The average Bonchev–Trinajstić information content (AvgIpc) is 3.17. The summed E-state index contributed by atoms with van der Waals surface area (Å²) in [4.78, 5) is 14.5. The topological polar surface area (TPSA) is 45.5 Å². The fourth-order valence-corrected chi connectivity index (χ4v) is 3.49. The molecule has 0 unspecified atom stereocenters. The van der Waals surface area contributed by atoms with Crippen LogP contribution in [0.1, 0.15) is 31.4 Å². The van der Waals surface area contributed by atoms with E-state index in [1.165, 1.54) is 12.8 Å². The maximum absolute atomic E-state index is 11.9. The van der Waals surface area contributed by atoms with Crippen molar-refractivity contribution in [2.75, 3.05) is 18.8 Å². The van der Waals surface area contributed by atoms with Crippen molar-refractivity contribution in [3.8, 4) is 0 Å². The fraction of sp³-hybridized carbons (Fsp3) is 0.667. The number of piperidine rings is 1. The molecule has 1 aromatic rings. The van der Waals surface area contributed by atoms with E-state index >= 15 is 0 Å². The van der Waals surface area contributed by atoms with Gasteiger partial charge in [0, 0.05) is 25.2 Å². The molecule has 1 N–H and O–H groups in total. The van der Waals surface area contributed by atoms with Gasteiger partial charge in [-0.2, -0.15) is 0 Å². The van der Waals surface area contributed by atoms with E-state index in [0.29, 0.717) is 11.8 Å². The van der Waals surface area contributed by atoms with Crippen molar-refractivity contribution in [2.24, 2.45) is 0 Å². The monoisotopic (exact) mass is 294 g/mol. The Bertz CT molecular complexity index is 423. The first-order valence-electron chi connectivity index (χ1n) is 7.45. The van der Waals surface area contributed by atoms with Gasteiger partial charge in [-0.3, -0.25) is 4.79 Å². The summed E-state index contributed by atoms with van der Waals surface area (Å²) in [5.74, 6) is 2.37. The van der Waals surface area contributed by atoms with Gasteiger partial charge in [-0.15, -0.1) is 11.8 Å². The minimum atomic E-state index is 0.159. The molecule has 2 aliphatic rings. The van der Waals surface area contributed by atoms with E-state index < -0.39 is 0 Å². The second kappa shape index (κ2) is 6.68. The van der Waals surface area contributed by atoms with Crippen molar-refractivity contribution in [1.29, 1.82) is 0 Å². The van der Waals surface area contributed by atoms with Crippen LogP contribution in [0.3, 0.4) is 0 Å². The van der Waals surface area contributed by atoms with Crippen LogP contribution >= 0.6 is 11.8 Å². The normalized spacial score (nSPS) is 21.0. The van der Waals surface area contributed by atoms with E-state index in [9.17, 15) is 4.79 Å². The Kier molecular flexibility index (Phi) is 4.68. The number of carbonyl (C=O) groups is 1. The number of nitrogens with zero attached hydrogens (tertiary/aromatic N) is 1. The van der Waals surface area contributed by atoms with Crippen LogP contribution in [0.2, 0.25) is 0 Å². The van der Waals surface area contributed by atoms with Gasteiger partial charge in [-0.25, -0.2) is 0 Å². The third kappa shape index (κ3) is 4.03. The van der Waals surface area contributed by atoms with Gasteiger partial charge in [0.25, 0.3) is 0 Å². The van der Waals surface area contributed by atoms with Gasteiger partial charge in [-0.05, 0) is 37.8 Å². The molecule has 1 aliphatic carbocycles. The van der Waals surface area contributed by atoms with Crippen LogP contribution in [-0.2, 0) is 10.5 Å². The molecule has 0 atom stereocenters. The first kappa shape index (κ1) is 14.0. The highest BCUT2D eigenvalue weighted by molar-refractivity contribution is 7.99. The summed E-state index contributed by atoms with van der Waals surface area (Å²) in [6, 6.07) is 5.06. The summed E-state index contributed by atoms with van der Waals surface area (Å²) in [5, 5.41) is 3.16. The molecule has 1 aliphatic heterocycles. The van der Waals surface area contributed by atoms with Gasteiger partial charge in [0.15, 0.2) is 0 Å². The molecule has 5 heteroatoms. The molecular formula is C15H22N2O2S. The number of furan rings is 1. The Labute approximate surface area is 124 Å². The zero-order chi connectivity index (χ0) is 13.8. The molecule has 3 rings (SSSR count). The van der Waals surface area contributed by atoms with Crippen LogP contribution in [0.25, 0.3) is 0 Å². The minimum absolute atomic E-state index is 0.159. The van der Waals surface area contributed by atoms with Gasteiger partial charge in [0.1, 0.15) is 5.76 Å².